The first-order valence-corrected chi connectivity index (χ1v) is 28.9. The lowest BCUT2D eigenvalue weighted by molar-refractivity contribution is -0.137. The Morgan fingerprint density at radius 2 is 1.29 bits per heavy atom. The topological polar surface area (TPSA) is 228 Å². The number of carboxylic acid groups (broad SMARTS) is 1. The molecular formula is C55H77N2O17S2+. The lowest BCUT2D eigenvalue weighted by Crippen LogP contribution is -2.36. The van der Waals surface area contributed by atoms with E-state index in [9.17, 15) is 31.3 Å². The molecule has 1 unspecified atom stereocenters. The largest absolute Gasteiger partial charge is 0.497 e. The van der Waals surface area contributed by atoms with Gasteiger partial charge in [-0.25, -0.2) is 13.0 Å². The Hall–Kier alpha value is -5.04. The summed E-state index contributed by atoms with van der Waals surface area (Å²) >= 11 is 0. The van der Waals surface area contributed by atoms with Crippen molar-refractivity contribution in [3.8, 4) is 28.2 Å². The van der Waals surface area contributed by atoms with Crippen molar-refractivity contribution in [2.75, 3.05) is 150 Å². The maximum atomic E-state index is 12.4. The predicted molar refractivity (Wildman–Crippen MR) is 290 cm³/mol. The molecule has 2 N–H and O–H groups in total. The van der Waals surface area contributed by atoms with Crippen LogP contribution in [0.15, 0.2) is 87.8 Å². The minimum Gasteiger partial charge on any atom is -0.497 e. The van der Waals surface area contributed by atoms with Crippen LogP contribution in [-0.2, 0) is 68.1 Å². The zero-order chi connectivity index (χ0) is 55.0. The fourth-order valence-corrected chi connectivity index (χ4v) is 10.0. The molecule has 1 aliphatic carbocycles. The molecule has 0 saturated heterocycles. The van der Waals surface area contributed by atoms with Crippen LogP contribution in [0.1, 0.15) is 49.5 Å². The van der Waals surface area contributed by atoms with Crippen molar-refractivity contribution in [3.63, 3.8) is 0 Å². The number of fused-ring (bicyclic) bond motifs is 2. The Kier molecular flexibility index (Phi) is 25.5. The zero-order valence-corrected chi connectivity index (χ0v) is 46.4. The lowest BCUT2D eigenvalue weighted by atomic mass is 9.77. The van der Waals surface area contributed by atoms with Crippen LogP contribution in [-0.4, -0.2) is 178 Å². The van der Waals surface area contributed by atoms with Crippen molar-refractivity contribution in [1.82, 2.24) is 4.58 Å². The van der Waals surface area contributed by atoms with Crippen molar-refractivity contribution in [1.29, 1.82) is 0 Å². The van der Waals surface area contributed by atoms with E-state index in [0.717, 1.165) is 27.6 Å². The van der Waals surface area contributed by atoms with Crippen LogP contribution in [0.2, 0.25) is 0 Å². The summed E-state index contributed by atoms with van der Waals surface area (Å²) in [5.74, 6) is 0.739. The summed E-state index contributed by atoms with van der Waals surface area (Å²) < 4.78 is 118. The number of carboxylic acids is 1. The maximum Gasteiger partial charge on any atom is 0.303 e. The summed E-state index contributed by atoms with van der Waals surface area (Å²) in [4.78, 5) is 13.4. The molecule has 0 saturated carbocycles. The number of allylic oxidation sites excluding steroid dienone is 3. The van der Waals surface area contributed by atoms with Crippen LogP contribution >= 0.6 is 0 Å². The summed E-state index contributed by atoms with van der Waals surface area (Å²) in [6.07, 6.45) is 7.36. The van der Waals surface area contributed by atoms with Gasteiger partial charge in [0.05, 0.1) is 103 Å². The highest BCUT2D eigenvalue weighted by atomic mass is 32.2. The number of anilines is 1. The molecule has 2 aromatic carbocycles. The van der Waals surface area contributed by atoms with Gasteiger partial charge in [-0.1, -0.05) is 12.1 Å². The first kappa shape index (κ1) is 61.8. The van der Waals surface area contributed by atoms with Crippen molar-refractivity contribution in [2.45, 2.75) is 49.8 Å². The number of nitrogens with zero attached hydrogens (tertiary/aromatic N) is 2. The van der Waals surface area contributed by atoms with E-state index in [1.165, 1.54) is 18.4 Å². The van der Waals surface area contributed by atoms with E-state index >= 15 is 0 Å². The average molecular weight is 1100 g/mol. The second-order valence-electron chi connectivity index (χ2n) is 18.4. The van der Waals surface area contributed by atoms with Crippen LogP contribution in [0, 0.1) is 6.92 Å². The molecule has 2 aliphatic heterocycles. The summed E-state index contributed by atoms with van der Waals surface area (Å²) in [5, 5.41) is 10.5. The highest BCUT2D eigenvalue weighted by Gasteiger charge is 2.43. The number of methoxy groups -OCH3 is 3. The highest BCUT2D eigenvalue weighted by Crippen LogP contribution is 2.51. The minimum absolute atomic E-state index is 0.0906. The standard InChI is InChI=1S/C55H76N2O17S2/c1-42-38-44(67-5)14-17-47(42)49-40-45(10-7-11-53-55(2,19-8-12-54(58)59)50-41-46(76(62,63)64)15-18-51(50)57(53)20-9-37-75(6,60)61)74-52-39-43(13-16-48(49)52)56(21-23-68-29-31-72-35-33-70-27-25-65-3)22-24-69-30-32-73-36-34-71-28-26-66-4/h7,10-11,13-18,38-41H,8-9,12,19-37H2,1-6H3,(H-,58,59,62,63,64)/p+1. The number of aliphatic carboxylic acids is 1. The van der Waals surface area contributed by atoms with E-state index in [2.05, 4.69) is 4.58 Å². The van der Waals surface area contributed by atoms with E-state index in [-0.39, 0.29) is 36.5 Å². The SMILES string of the molecule is COCCOCCOCCOCC[N+](CCOCCOCCOCCOC)=c1ccc2c(-c3ccc(OC)cc3C)cc(/C=C/C=C3/N(CCCS(C)(=O)=O)c4ccc(S(=O)(=O)O)cc4C3(C)CCCC(=O)O)oc-2c1. The molecule has 2 aromatic rings. The predicted octanol–water partition coefficient (Wildman–Crippen LogP) is 6.14. The number of benzene rings is 3. The molecule has 0 amide bonds. The van der Waals surface area contributed by atoms with Gasteiger partial charge in [-0.2, -0.15) is 8.42 Å². The Bertz CT molecular complexity index is 2770. The van der Waals surface area contributed by atoms with Crippen molar-refractivity contribution >= 4 is 37.7 Å². The molecule has 0 radical (unpaired) electrons. The Balaban J connectivity index is 1.53. The van der Waals surface area contributed by atoms with E-state index in [1.807, 2.05) is 79.4 Å². The molecule has 76 heavy (non-hydrogen) atoms. The summed E-state index contributed by atoms with van der Waals surface area (Å²) in [6, 6.07) is 18.3. The fraction of sp³-hybridized carbons (Fsp3) is 0.527. The third-order valence-electron chi connectivity index (χ3n) is 12.7. The number of hydrogen-bond donors (Lipinski definition) is 2. The lowest BCUT2D eigenvalue weighted by Gasteiger charge is -2.30. The normalized spacial score (nSPS) is 15.4. The Morgan fingerprint density at radius 1 is 0.711 bits per heavy atom. The van der Waals surface area contributed by atoms with Crippen molar-refractivity contribution < 1.29 is 78.3 Å². The number of aryl methyl sites for hydroxylation is 1. The second-order valence-corrected chi connectivity index (χ2v) is 22.0. The number of ether oxygens (including phenoxy) is 9. The molecule has 3 aliphatic rings. The van der Waals surface area contributed by atoms with Crippen LogP contribution in [0.4, 0.5) is 5.69 Å². The Labute approximate surface area is 448 Å². The highest BCUT2D eigenvalue weighted by molar-refractivity contribution is 7.90. The van der Waals surface area contributed by atoms with Crippen LogP contribution in [0.25, 0.3) is 28.5 Å². The maximum absolute atomic E-state index is 12.4. The third-order valence-corrected chi connectivity index (χ3v) is 14.6. The molecule has 0 fully saturated rings. The van der Waals surface area contributed by atoms with E-state index in [1.54, 1.807) is 27.4 Å². The van der Waals surface area contributed by atoms with Gasteiger partial charge < -0.3 is 57.1 Å². The van der Waals surface area contributed by atoms with Crippen molar-refractivity contribution in [2.24, 2.45) is 0 Å². The molecule has 420 valence electrons. The number of hydrogen-bond acceptors (Lipinski definition) is 16. The van der Waals surface area contributed by atoms with E-state index < -0.39 is 31.3 Å². The number of sulfone groups is 1. The molecular weight excluding hydrogens is 1020 g/mol. The monoisotopic (exact) mass is 1100 g/mol. The summed E-state index contributed by atoms with van der Waals surface area (Å²) in [5.41, 5.74) is 4.62. The number of carbonyl (C=O) groups is 1. The smallest absolute Gasteiger partial charge is 0.303 e. The van der Waals surface area contributed by atoms with Gasteiger partial charge in [0.1, 0.15) is 40.3 Å². The van der Waals surface area contributed by atoms with Crippen LogP contribution in [0.5, 0.6) is 5.75 Å². The van der Waals surface area contributed by atoms with E-state index in [4.69, 9.17) is 47.0 Å². The molecule has 0 bridgehead atoms. The van der Waals surface area contributed by atoms with Gasteiger partial charge in [0.2, 0.25) is 5.36 Å². The average Bonchev–Trinajstić information content (AvgIpc) is 3.67. The first-order valence-electron chi connectivity index (χ1n) is 25.4. The van der Waals surface area contributed by atoms with E-state index in [0.29, 0.717) is 146 Å². The van der Waals surface area contributed by atoms with Crippen molar-refractivity contribution in [3.05, 3.63) is 101 Å². The van der Waals surface area contributed by atoms with Gasteiger partial charge >= 0.3 is 5.97 Å². The van der Waals surface area contributed by atoms with Gasteiger partial charge in [-0.3, -0.25) is 9.35 Å². The van der Waals surface area contributed by atoms with Gasteiger partial charge in [-0.15, -0.1) is 0 Å². The molecule has 21 heteroatoms. The molecule has 5 rings (SSSR count). The molecule has 0 spiro atoms. The fourth-order valence-electron chi connectivity index (χ4n) is 8.86. The quantitative estimate of drug-likeness (QED) is 0.0293. The first-order chi connectivity index (χ1) is 36.5. The number of rotatable bonds is 37. The molecule has 2 heterocycles. The molecule has 19 nitrogen and oxygen atoms in total. The second kappa shape index (κ2) is 31.4. The minimum atomic E-state index is -4.60. The molecule has 0 aromatic heterocycles. The summed E-state index contributed by atoms with van der Waals surface area (Å²) in [7, 11) is -3.05. The Morgan fingerprint density at radius 3 is 1.83 bits per heavy atom. The zero-order valence-electron chi connectivity index (χ0n) is 44.8. The van der Waals surface area contributed by atoms with Gasteiger partial charge in [0.15, 0.2) is 13.1 Å². The van der Waals surface area contributed by atoms with Gasteiger partial charge in [0.25, 0.3) is 10.1 Å². The van der Waals surface area contributed by atoms with Gasteiger partial charge in [-0.05, 0) is 110 Å². The van der Waals surface area contributed by atoms with Crippen LogP contribution < -0.4 is 19.6 Å². The van der Waals surface area contributed by atoms with Crippen LogP contribution in [0.3, 0.4) is 0 Å². The van der Waals surface area contributed by atoms with Gasteiger partial charge in [0, 0.05) is 61.9 Å². The third kappa shape index (κ3) is 19.5. The summed E-state index contributed by atoms with van der Waals surface area (Å²) in [6.45, 7) is 11.6. The molecule has 1 atom stereocenters.